The number of benzene rings is 3. The second kappa shape index (κ2) is 8.58. The highest BCUT2D eigenvalue weighted by atomic mass is 16.5. The first-order valence-electron chi connectivity index (χ1n) is 11.0. The highest BCUT2D eigenvalue weighted by molar-refractivity contribution is 5.88. The number of hydrogen-bond donors (Lipinski definition) is 1. The van der Waals surface area contributed by atoms with E-state index in [-0.39, 0.29) is 5.60 Å². The molecule has 0 fully saturated rings. The summed E-state index contributed by atoms with van der Waals surface area (Å²) in [5, 5.41) is 9.12. The van der Waals surface area contributed by atoms with E-state index in [2.05, 4.69) is 63.2 Å². The molecule has 0 aromatic heterocycles. The van der Waals surface area contributed by atoms with Crippen LogP contribution in [0, 0.1) is 5.92 Å². The number of rotatable bonds is 6. The summed E-state index contributed by atoms with van der Waals surface area (Å²) >= 11 is 0. The average molecular weight is 415 g/mol. The molecule has 1 N–H and O–H groups in total. The van der Waals surface area contributed by atoms with Crippen LogP contribution in [0.4, 0.5) is 0 Å². The first kappa shape index (κ1) is 21.2. The number of ether oxygens (including phenoxy) is 1. The van der Waals surface area contributed by atoms with Crippen LogP contribution in [0.15, 0.2) is 66.7 Å². The number of carbonyl (C=O) groups is 1. The van der Waals surface area contributed by atoms with E-state index in [4.69, 9.17) is 9.84 Å². The van der Waals surface area contributed by atoms with E-state index in [1.54, 1.807) is 12.1 Å². The number of carboxylic acids is 1. The largest absolute Gasteiger partial charge is 0.487 e. The zero-order chi connectivity index (χ0) is 22.0. The molecule has 1 aliphatic rings. The van der Waals surface area contributed by atoms with E-state index in [1.165, 1.54) is 16.7 Å². The molecule has 0 bridgehead atoms. The van der Waals surface area contributed by atoms with Gasteiger partial charge in [0.05, 0.1) is 5.56 Å². The predicted octanol–water partition coefficient (Wildman–Crippen LogP) is 6.58. The van der Waals surface area contributed by atoms with Crippen LogP contribution in [0.1, 0.15) is 54.2 Å². The molecule has 0 aliphatic carbocycles. The molecule has 3 nitrogen and oxygen atoms in total. The van der Waals surface area contributed by atoms with Crippen LogP contribution >= 0.6 is 0 Å². The Morgan fingerprint density at radius 1 is 0.968 bits per heavy atom. The molecule has 3 aromatic carbocycles. The first-order chi connectivity index (χ1) is 14.8. The fraction of sp³-hybridized carbons (Fsp3) is 0.321. The second-order valence-electron chi connectivity index (χ2n) is 9.35. The van der Waals surface area contributed by atoms with Gasteiger partial charge in [-0.3, -0.25) is 0 Å². The van der Waals surface area contributed by atoms with Crippen LogP contribution in [0.5, 0.6) is 5.75 Å². The SMILES string of the molecule is CC(C)Cc1ccc(C[C@]2(C)CCc3ccc(-c4ccc(C(=O)O)cc4)cc3O2)cc1. The summed E-state index contributed by atoms with van der Waals surface area (Å²) in [6.45, 7) is 6.69. The number of carboxylic acid groups (broad SMARTS) is 1. The Labute approximate surface area is 184 Å². The van der Waals surface area contributed by atoms with Gasteiger partial charge in [0.1, 0.15) is 11.4 Å². The number of fused-ring (bicyclic) bond motifs is 1. The third-order valence-corrected chi connectivity index (χ3v) is 6.06. The first-order valence-corrected chi connectivity index (χ1v) is 11.0. The van der Waals surface area contributed by atoms with Crippen LogP contribution < -0.4 is 4.74 Å². The van der Waals surface area contributed by atoms with Gasteiger partial charge in [0.15, 0.2) is 0 Å². The molecule has 3 heteroatoms. The molecule has 0 amide bonds. The third-order valence-electron chi connectivity index (χ3n) is 6.06. The molecule has 4 rings (SSSR count). The van der Waals surface area contributed by atoms with Gasteiger partial charge in [-0.2, -0.15) is 0 Å². The Kier molecular flexibility index (Phi) is 5.86. The van der Waals surface area contributed by atoms with E-state index < -0.39 is 5.97 Å². The van der Waals surface area contributed by atoms with Crippen molar-refractivity contribution in [1.82, 2.24) is 0 Å². The normalized spacial score (nSPS) is 17.8. The maximum absolute atomic E-state index is 11.1. The van der Waals surface area contributed by atoms with Crippen molar-refractivity contribution in [2.45, 2.75) is 52.1 Å². The number of aryl methyl sites for hydroxylation is 1. The molecule has 31 heavy (non-hydrogen) atoms. The van der Waals surface area contributed by atoms with Gasteiger partial charge in [-0.15, -0.1) is 0 Å². The Morgan fingerprint density at radius 2 is 1.61 bits per heavy atom. The third kappa shape index (κ3) is 4.99. The number of aromatic carboxylic acids is 1. The second-order valence-corrected chi connectivity index (χ2v) is 9.35. The standard InChI is InChI=1S/C28H30O3/c1-19(2)16-20-4-6-21(7-5-20)18-28(3)15-14-23-10-13-25(17-26(23)31-28)22-8-11-24(12-9-22)27(29)30/h4-13,17,19H,14-16,18H2,1-3H3,(H,29,30)/t28-/m0/s1. The zero-order valence-corrected chi connectivity index (χ0v) is 18.5. The Bertz CT molecular complexity index is 1060. The van der Waals surface area contributed by atoms with E-state index in [0.717, 1.165) is 42.6 Å². The van der Waals surface area contributed by atoms with Gasteiger partial charge in [0.25, 0.3) is 0 Å². The maximum atomic E-state index is 11.1. The minimum atomic E-state index is -0.909. The van der Waals surface area contributed by atoms with Crippen LogP contribution in [-0.4, -0.2) is 16.7 Å². The maximum Gasteiger partial charge on any atom is 0.335 e. The van der Waals surface area contributed by atoms with Gasteiger partial charge in [-0.25, -0.2) is 4.79 Å². The Hall–Kier alpha value is -3.07. The fourth-order valence-corrected chi connectivity index (χ4v) is 4.38. The van der Waals surface area contributed by atoms with Gasteiger partial charge < -0.3 is 9.84 Å². The molecular formula is C28H30O3. The summed E-state index contributed by atoms with van der Waals surface area (Å²) in [7, 11) is 0. The van der Waals surface area contributed by atoms with E-state index in [9.17, 15) is 4.79 Å². The summed E-state index contributed by atoms with van der Waals surface area (Å²) in [6, 6.07) is 22.3. The molecule has 0 saturated carbocycles. The summed E-state index contributed by atoms with van der Waals surface area (Å²) in [6.07, 6.45) is 3.97. The number of hydrogen-bond acceptors (Lipinski definition) is 2. The quantitative estimate of drug-likeness (QED) is 0.496. The van der Waals surface area contributed by atoms with Crippen molar-refractivity contribution in [2.75, 3.05) is 0 Å². The molecule has 0 radical (unpaired) electrons. The minimum Gasteiger partial charge on any atom is -0.487 e. The van der Waals surface area contributed by atoms with Gasteiger partial charge >= 0.3 is 5.97 Å². The van der Waals surface area contributed by atoms with E-state index >= 15 is 0 Å². The lowest BCUT2D eigenvalue weighted by Gasteiger charge is -2.36. The molecule has 0 unspecified atom stereocenters. The molecule has 1 aliphatic heterocycles. The fourth-order valence-electron chi connectivity index (χ4n) is 4.38. The molecule has 1 heterocycles. The van der Waals surface area contributed by atoms with Crippen molar-refractivity contribution in [2.24, 2.45) is 5.92 Å². The molecule has 1 atom stereocenters. The lowest BCUT2D eigenvalue weighted by Crippen LogP contribution is -2.38. The van der Waals surface area contributed by atoms with Gasteiger partial charge in [0.2, 0.25) is 0 Å². The summed E-state index contributed by atoms with van der Waals surface area (Å²) in [5.74, 6) is 0.689. The molecule has 160 valence electrons. The van der Waals surface area contributed by atoms with E-state index in [1.807, 2.05) is 12.1 Å². The van der Waals surface area contributed by atoms with Crippen LogP contribution in [0.3, 0.4) is 0 Å². The predicted molar refractivity (Wildman–Crippen MR) is 125 cm³/mol. The highest BCUT2D eigenvalue weighted by Gasteiger charge is 2.32. The van der Waals surface area contributed by atoms with Gasteiger partial charge in [-0.1, -0.05) is 62.4 Å². The molecular weight excluding hydrogens is 384 g/mol. The summed E-state index contributed by atoms with van der Waals surface area (Å²) < 4.78 is 6.55. The average Bonchev–Trinajstić information content (AvgIpc) is 2.74. The van der Waals surface area contributed by atoms with Crippen LogP contribution in [0.25, 0.3) is 11.1 Å². The van der Waals surface area contributed by atoms with Crippen molar-refractivity contribution in [1.29, 1.82) is 0 Å². The smallest absolute Gasteiger partial charge is 0.335 e. The summed E-state index contributed by atoms with van der Waals surface area (Å²) in [5.41, 5.74) is 6.01. The van der Waals surface area contributed by atoms with Crippen LogP contribution in [-0.2, 0) is 19.3 Å². The van der Waals surface area contributed by atoms with Gasteiger partial charge in [0, 0.05) is 6.42 Å². The topological polar surface area (TPSA) is 46.5 Å². The molecule has 3 aromatic rings. The monoisotopic (exact) mass is 414 g/mol. The molecule has 0 spiro atoms. The Balaban J connectivity index is 1.51. The summed E-state index contributed by atoms with van der Waals surface area (Å²) in [4.78, 5) is 11.1. The lowest BCUT2D eigenvalue weighted by molar-refractivity contribution is 0.0654. The lowest BCUT2D eigenvalue weighted by atomic mass is 9.86. The zero-order valence-electron chi connectivity index (χ0n) is 18.5. The minimum absolute atomic E-state index is 0.238. The van der Waals surface area contributed by atoms with Crippen molar-refractivity contribution in [3.8, 4) is 16.9 Å². The highest BCUT2D eigenvalue weighted by Crippen LogP contribution is 2.38. The Morgan fingerprint density at radius 3 is 2.26 bits per heavy atom. The van der Waals surface area contributed by atoms with Crippen molar-refractivity contribution < 1.29 is 14.6 Å². The van der Waals surface area contributed by atoms with Crippen molar-refractivity contribution >= 4 is 5.97 Å². The molecule has 0 saturated heterocycles. The van der Waals surface area contributed by atoms with Crippen molar-refractivity contribution in [3.63, 3.8) is 0 Å². The van der Waals surface area contributed by atoms with Gasteiger partial charge in [-0.05, 0) is 78.1 Å². The van der Waals surface area contributed by atoms with Crippen molar-refractivity contribution in [3.05, 3.63) is 89.0 Å². The van der Waals surface area contributed by atoms with Crippen LogP contribution in [0.2, 0.25) is 0 Å². The van der Waals surface area contributed by atoms with E-state index in [0.29, 0.717) is 11.5 Å².